The summed E-state index contributed by atoms with van der Waals surface area (Å²) < 4.78 is 0. The zero-order valence-electron chi connectivity index (χ0n) is 22.3. The third-order valence-electron chi connectivity index (χ3n) is 8.95. The quantitative estimate of drug-likeness (QED) is 0.470. The van der Waals surface area contributed by atoms with Crippen molar-refractivity contribution in [1.29, 1.82) is 0 Å². The van der Waals surface area contributed by atoms with Crippen molar-refractivity contribution in [2.75, 3.05) is 44.2 Å². The molecule has 2 aliphatic heterocycles. The van der Waals surface area contributed by atoms with E-state index in [2.05, 4.69) is 48.4 Å². The van der Waals surface area contributed by atoms with Crippen molar-refractivity contribution in [2.24, 2.45) is 11.8 Å². The molecule has 37 heavy (non-hydrogen) atoms. The summed E-state index contributed by atoms with van der Waals surface area (Å²) >= 11 is 1.76. The summed E-state index contributed by atoms with van der Waals surface area (Å²) in [6, 6.07) is 4.30. The number of nitrogens with zero attached hydrogens (tertiary/aromatic N) is 5. The molecule has 7 nitrogen and oxygen atoms in total. The largest absolute Gasteiger partial charge is 0.480 e. The van der Waals surface area contributed by atoms with Crippen LogP contribution < -0.4 is 4.90 Å². The van der Waals surface area contributed by atoms with Gasteiger partial charge in [-0.15, -0.1) is 0 Å². The summed E-state index contributed by atoms with van der Waals surface area (Å²) in [5.41, 5.74) is 1.40. The molecule has 4 heterocycles. The van der Waals surface area contributed by atoms with E-state index < -0.39 is 5.97 Å². The lowest BCUT2D eigenvalue weighted by Crippen LogP contribution is -2.48. The van der Waals surface area contributed by atoms with Gasteiger partial charge in [0.05, 0.1) is 0 Å². The van der Waals surface area contributed by atoms with Crippen molar-refractivity contribution >= 4 is 23.3 Å². The maximum Gasteiger partial charge on any atom is 0.321 e. The minimum atomic E-state index is -0.614. The van der Waals surface area contributed by atoms with Crippen LogP contribution in [0.15, 0.2) is 35.3 Å². The number of likely N-dealkylation sites (tertiary alicyclic amines) is 2. The van der Waals surface area contributed by atoms with Crippen molar-refractivity contribution < 1.29 is 9.90 Å². The zero-order valence-corrected chi connectivity index (χ0v) is 23.1. The molecule has 8 heteroatoms. The third kappa shape index (κ3) is 6.35. The van der Waals surface area contributed by atoms with Crippen molar-refractivity contribution in [1.82, 2.24) is 19.8 Å². The Balaban J connectivity index is 1.24. The first kappa shape index (κ1) is 26.6. The third-order valence-corrected chi connectivity index (χ3v) is 9.65. The molecule has 3 aliphatic rings. The Hall–Kier alpha value is -2.03. The standard InChI is InChI=1S/C29H43N5O2S/c1-2-14-34(29-30-12-6-13-31-29)25-9-15-32(16-10-25)18-24-19-33(20-26(24)23-11-17-37-21-23)27(28(35)36)22-7-4-3-5-8-22/h6,11-13,17,21-22,24-27H,2-5,7-10,14-16,18-20H2,1H3,(H,35,36). The van der Waals surface area contributed by atoms with Gasteiger partial charge in [0.1, 0.15) is 6.04 Å². The zero-order chi connectivity index (χ0) is 25.6. The molecular weight excluding hydrogens is 482 g/mol. The average Bonchev–Trinajstić information content (AvgIpc) is 3.59. The molecular formula is C29H43N5O2S. The Labute approximate surface area is 225 Å². The predicted molar refractivity (Wildman–Crippen MR) is 149 cm³/mol. The van der Waals surface area contributed by atoms with Crippen molar-refractivity contribution in [3.63, 3.8) is 0 Å². The molecule has 3 atom stereocenters. The molecule has 0 amide bonds. The lowest BCUT2D eigenvalue weighted by molar-refractivity contribution is -0.145. The van der Waals surface area contributed by atoms with Gasteiger partial charge in [-0.3, -0.25) is 9.69 Å². The van der Waals surface area contributed by atoms with Crippen LogP contribution in [0.3, 0.4) is 0 Å². The summed E-state index contributed by atoms with van der Waals surface area (Å²) in [4.78, 5) is 28.9. The number of carboxylic acids is 1. The molecule has 3 unspecified atom stereocenters. The number of carbonyl (C=O) groups is 1. The van der Waals surface area contributed by atoms with Gasteiger partial charge in [0.2, 0.25) is 5.95 Å². The Kier molecular flexibility index (Phi) is 9.10. The first-order chi connectivity index (χ1) is 18.1. The van der Waals surface area contributed by atoms with E-state index >= 15 is 0 Å². The first-order valence-electron chi connectivity index (χ1n) is 14.4. The smallest absolute Gasteiger partial charge is 0.321 e. The fourth-order valence-corrected chi connectivity index (χ4v) is 7.88. The van der Waals surface area contributed by atoms with Crippen molar-refractivity contribution in [2.45, 2.75) is 76.3 Å². The number of thiophene rings is 1. The van der Waals surface area contributed by atoms with Crippen LogP contribution in [0, 0.1) is 11.8 Å². The van der Waals surface area contributed by atoms with Gasteiger partial charge in [0.15, 0.2) is 0 Å². The number of carboxylic acid groups (broad SMARTS) is 1. The molecule has 3 fully saturated rings. The van der Waals surface area contributed by atoms with E-state index in [4.69, 9.17) is 0 Å². The monoisotopic (exact) mass is 525 g/mol. The van der Waals surface area contributed by atoms with Gasteiger partial charge in [0.25, 0.3) is 0 Å². The maximum atomic E-state index is 12.5. The number of aromatic nitrogens is 2. The van der Waals surface area contributed by atoms with Gasteiger partial charge in [-0.1, -0.05) is 26.2 Å². The van der Waals surface area contributed by atoms with E-state index in [-0.39, 0.29) is 6.04 Å². The van der Waals surface area contributed by atoms with Gasteiger partial charge >= 0.3 is 5.97 Å². The Morgan fingerprint density at radius 2 is 1.89 bits per heavy atom. The summed E-state index contributed by atoms with van der Waals surface area (Å²) in [7, 11) is 0. The van der Waals surface area contributed by atoms with Crippen molar-refractivity contribution in [3.05, 3.63) is 40.8 Å². The van der Waals surface area contributed by atoms with Crippen molar-refractivity contribution in [3.8, 4) is 0 Å². The second-order valence-electron chi connectivity index (χ2n) is 11.3. The van der Waals surface area contributed by atoms with E-state index in [9.17, 15) is 9.90 Å². The highest BCUT2D eigenvalue weighted by molar-refractivity contribution is 7.08. The fraction of sp³-hybridized carbons (Fsp3) is 0.690. The minimum absolute atomic E-state index is 0.300. The number of hydrogen-bond donors (Lipinski definition) is 1. The Bertz CT molecular complexity index is 960. The number of hydrogen-bond acceptors (Lipinski definition) is 7. The van der Waals surface area contributed by atoms with Gasteiger partial charge in [-0.2, -0.15) is 11.3 Å². The number of anilines is 1. The molecule has 2 saturated heterocycles. The molecule has 0 radical (unpaired) electrons. The van der Waals surface area contributed by atoms with E-state index in [0.717, 1.165) is 77.3 Å². The van der Waals surface area contributed by atoms with Gasteiger partial charge in [-0.05, 0) is 72.4 Å². The van der Waals surface area contributed by atoms with Crippen LogP contribution in [-0.2, 0) is 4.79 Å². The highest BCUT2D eigenvalue weighted by Crippen LogP contribution is 2.39. The highest BCUT2D eigenvalue weighted by Gasteiger charge is 2.43. The second kappa shape index (κ2) is 12.7. The molecule has 1 N–H and O–H groups in total. The molecule has 2 aromatic heterocycles. The van der Waals surface area contributed by atoms with E-state index in [0.29, 0.717) is 23.8 Å². The van der Waals surface area contributed by atoms with Crippen LogP contribution in [-0.4, -0.2) is 82.2 Å². The molecule has 0 spiro atoms. The maximum absolute atomic E-state index is 12.5. The van der Waals surface area contributed by atoms with Crippen LogP contribution in [0.25, 0.3) is 0 Å². The fourth-order valence-electron chi connectivity index (χ4n) is 7.16. The van der Waals surface area contributed by atoms with Crippen LogP contribution in [0.5, 0.6) is 0 Å². The van der Waals surface area contributed by atoms with E-state index in [1.54, 1.807) is 11.3 Å². The molecule has 1 aliphatic carbocycles. The lowest BCUT2D eigenvalue weighted by Gasteiger charge is -2.39. The van der Waals surface area contributed by atoms with Crippen LogP contribution >= 0.6 is 11.3 Å². The first-order valence-corrected chi connectivity index (χ1v) is 15.3. The Morgan fingerprint density at radius 1 is 1.14 bits per heavy atom. The van der Waals surface area contributed by atoms with Crippen LogP contribution in [0.2, 0.25) is 0 Å². The summed E-state index contributed by atoms with van der Waals surface area (Å²) in [6.45, 7) is 8.19. The van der Waals surface area contributed by atoms with Gasteiger partial charge in [0, 0.05) is 63.6 Å². The molecule has 0 aromatic carbocycles. The summed E-state index contributed by atoms with van der Waals surface area (Å²) in [5, 5.41) is 14.7. The van der Waals surface area contributed by atoms with Gasteiger partial charge < -0.3 is 14.9 Å². The average molecular weight is 526 g/mol. The highest BCUT2D eigenvalue weighted by atomic mass is 32.1. The molecule has 1 saturated carbocycles. The molecule has 202 valence electrons. The summed E-state index contributed by atoms with van der Waals surface area (Å²) in [6.07, 6.45) is 12.8. The molecule has 5 rings (SSSR count). The SMILES string of the molecule is CCCN(c1ncccn1)C1CCN(CC2CN(C(C(=O)O)C3CCCCC3)CC2c2ccsc2)CC1. The van der Waals surface area contributed by atoms with Crippen LogP contribution in [0.1, 0.15) is 69.8 Å². The number of aliphatic carboxylic acids is 1. The topological polar surface area (TPSA) is 72.8 Å². The van der Waals surface area contributed by atoms with E-state index in [1.165, 1.54) is 24.8 Å². The molecule has 0 bridgehead atoms. The second-order valence-corrected chi connectivity index (χ2v) is 12.1. The van der Waals surface area contributed by atoms with Crippen LogP contribution in [0.4, 0.5) is 5.95 Å². The van der Waals surface area contributed by atoms with Gasteiger partial charge in [-0.25, -0.2) is 9.97 Å². The molecule has 2 aromatic rings. The Morgan fingerprint density at radius 3 is 2.54 bits per heavy atom. The normalized spacial score (nSPS) is 25.3. The minimum Gasteiger partial charge on any atom is -0.480 e. The number of rotatable bonds is 10. The predicted octanol–water partition coefficient (Wildman–Crippen LogP) is 4.97. The summed E-state index contributed by atoms with van der Waals surface area (Å²) in [5.74, 6) is 1.43. The number of piperidine rings is 1. The van der Waals surface area contributed by atoms with E-state index in [1.807, 2.05) is 18.5 Å². The lowest BCUT2D eigenvalue weighted by atomic mass is 9.83.